The number of hydrogen-bond donors (Lipinski definition) is 4. The third kappa shape index (κ3) is 2.95. The molecule has 2 heterocycles. The van der Waals surface area contributed by atoms with Gasteiger partial charge in [0.1, 0.15) is 11.6 Å². The quantitative estimate of drug-likeness (QED) is 0.433. The molecule has 3 atom stereocenters. The number of anilines is 1. The summed E-state index contributed by atoms with van der Waals surface area (Å²) in [4.78, 5) is 12.4. The van der Waals surface area contributed by atoms with Crippen LogP contribution in [-0.4, -0.2) is 53.8 Å². The zero-order chi connectivity index (χ0) is 15.6. The summed E-state index contributed by atoms with van der Waals surface area (Å²) >= 11 is 1.32. The van der Waals surface area contributed by atoms with E-state index in [1.54, 1.807) is 0 Å². The van der Waals surface area contributed by atoms with Gasteiger partial charge in [-0.15, -0.1) is 0 Å². The Morgan fingerprint density at radius 1 is 1.38 bits per heavy atom. The van der Waals surface area contributed by atoms with Gasteiger partial charge in [-0.25, -0.2) is 15.0 Å². The van der Waals surface area contributed by atoms with Gasteiger partial charge < -0.3 is 21.1 Å². The van der Waals surface area contributed by atoms with Crippen molar-refractivity contribution in [1.82, 2.24) is 19.5 Å². The maximum Gasteiger partial charge on any atom is 0.191 e. The molecule has 8 nitrogen and oxygen atoms in total. The number of imidazole rings is 1. The van der Waals surface area contributed by atoms with Crippen LogP contribution in [0.3, 0.4) is 0 Å². The third-order valence-corrected chi connectivity index (χ3v) is 3.99. The number of nitrogens with two attached hydrogens (primary N) is 1. The smallest absolute Gasteiger partial charge is 0.191 e. The van der Waals surface area contributed by atoms with Gasteiger partial charge in [0, 0.05) is 12.5 Å². The Bertz CT molecular complexity index is 616. The van der Waals surface area contributed by atoms with Gasteiger partial charge in [-0.2, -0.15) is 0 Å². The molecule has 0 radical (unpaired) electrons. The molecule has 9 heteroatoms. The van der Waals surface area contributed by atoms with Crippen molar-refractivity contribution >= 4 is 28.7 Å². The van der Waals surface area contributed by atoms with Gasteiger partial charge in [0.05, 0.1) is 6.33 Å². The summed E-state index contributed by atoms with van der Waals surface area (Å²) in [6.45, 7) is 1.61. The second-order valence-electron chi connectivity index (χ2n) is 4.67. The molecule has 0 aliphatic heterocycles. The second kappa shape index (κ2) is 6.56. The molecule has 2 aromatic heterocycles. The van der Waals surface area contributed by atoms with Gasteiger partial charge in [-0.1, -0.05) is 18.7 Å². The lowest BCUT2D eigenvalue weighted by Crippen LogP contribution is -2.33. The molecular formula is C12H19N5O3S. The van der Waals surface area contributed by atoms with Crippen molar-refractivity contribution in [3.8, 4) is 0 Å². The van der Waals surface area contributed by atoms with E-state index < -0.39 is 18.2 Å². The van der Waals surface area contributed by atoms with Gasteiger partial charge in [-0.3, -0.25) is 4.57 Å². The van der Waals surface area contributed by atoms with E-state index in [4.69, 9.17) is 5.73 Å². The van der Waals surface area contributed by atoms with Crippen LogP contribution in [0.15, 0.2) is 11.5 Å². The lowest BCUT2D eigenvalue weighted by Gasteiger charge is -2.25. The number of aromatic nitrogens is 4. The summed E-state index contributed by atoms with van der Waals surface area (Å²) in [6, 6.07) is 0. The van der Waals surface area contributed by atoms with Gasteiger partial charge in [-0.05, 0) is 12.7 Å². The van der Waals surface area contributed by atoms with Gasteiger partial charge in [0.2, 0.25) is 0 Å². The number of rotatable bonds is 6. The Hall–Kier alpha value is -1.42. The van der Waals surface area contributed by atoms with E-state index in [2.05, 4.69) is 15.0 Å². The molecule has 5 N–H and O–H groups in total. The third-order valence-electron chi connectivity index (χ3n) is 3.44. The molecule has 0 fully saturated rings. The number of aliphatic hydroxyl groups excluding tert-OH is 3. The van der Waals surface area contributed by atoms with E-state index >= 15 is 0 Å². The molecule has 0 bridgehead atoms. The largest absolute Gasteiger partial charge is 0.396 e. The van der Waals surface area contributed by atoms with E-state index in [1.165, 1.54) is 22.7 Å². The molecule has 2 aromatic rings. The van der Waals surface area contributed by atoms with Crippen LogP contribution in [-0.2, 0) is 0 Å². The van der Waals surface area contributed by atoms with Crippen LogP contribution in [0.25, 0.3) is 11.2 Å². The highest BCUT2D eigenvalue weighted by Crippen LogP contribution is 2.25. The lowest BCUT2D eigenvalue weighted by molar-refractivity contribution is -0.0689. The summed E-state index contributed by atoms with van der Waals surface area (Å²) < 4.78 is 1.34. The van der Waals surface area contributed by atoms with Crippen LogP contribution in [0.4, 0.5) is 5.82 Å². The highest BCUT2D eigenvalue weighted by molar-refractivity contribution is 7.98. The molecule has 0 aromatic carbocycles. The second-order valence-corrected chi connectivity index (χ2v) is 5.45. The van der Waals surface area contributed by atoms with Crippen molar-refractivity contribution < 1.29 is 15.3 Å². The van der Waals surface area contributed by atoms with E-state index in [9.17, 15) is 15.3 Å². The van der Waals surface area contributed by atoms with E-state index in [-0.39, 0.29) is 12.4 Å². The van der Waals surface area contributed by atoms with Crippen molar-refractivity contribution in [1.29, 1.82) is 0 Å². The maximum absolute atomic E-state index is 10.3. The molecule has 3 unspecified atom stereocenters. The Labute approximate surface area is 126 Å². The lowest BCUT2D eigenvalue weighted by atomic mass is 9.99. The minimum absolute atomic E-state index is 0.214. The average molecular weight is 313 g/mol. The first-order valence-electron chi connectivity index (χ1n) is 6.54. The average Bonchev–Trinajstić information content (AvgIpc) is 2.91. The first-order chi connectivity index (χ1) is 10.0. The zero-order valence-electron chi connectivity index (χ0n) is 11.8. The Morgan fingerprint density at radius 3 is 2.67 bits per heavy atom. The molecule has 2 rings (SSSR count). The fourth-order valence-electron chi connectivity index (χ4n) is 2.09. The number of thioether (sulfide) groups is 1. The molecule has 0 aliphatic carbocycles. The number of hydrogen-bond acceptors (Lipinski definition) is 8. The van der Waals surface area contributed by atoms with Crippen molar-refractivity contribution in [2.75, 3.05) is 18.6 Å². The van der Waals surface area contributed by atoms with Crippen molar-refractivity contribution in [3.05, 3.63) is 6.33 Å². The molecule has 0 saturated heterocycles. The summed E-state index contributed by atoms with van der Waals surface area (Å²) in [5.74, 6) is -0.212. The molecule has 21 heavy (non-hydrogen) atoms. The Kier molecular flexibility index (Phi) is 4.99. The summed E-state index contributed by atoms with van der Waals surface area (Å²) in [5, 5.41) is 30.2. The molecule has 0 aliphatic rings. The highest BCUT2D eigenvalue weighted by atomic mass is 32.2. The summed E-state index contributed by atoms with van der Waals surface area (Å²) in [7, 11) is 0. The van der Waals surface area contributed by atoms with Crippen molar-refractivity contribution in [3.63, 3.8) is 0 Å². The summed E-state index contributed by atoms with van der Waals surface area (Å²) in [5.41, 5.74) is 6.53. The minimum Gasteiger partial charge on any atom is -0.396 e. The fourth-order valence-corrected chi connectivity index (χ4v) is 2.46. The SMILES string of the molecule is CCC(CO)C(O)C(O)n1cnc2c(N)nc(SC)nc21. The molecule has 0 amide bonds. The number of aliphatic hydroxyl groups is 3. The predicted octanol–water partition coefficient (Wildman–Crippen LogP) is 0.000700. The van der Waals surface area contributed by atoms with E-state index in [0.29, 0.717) is 22.7 Å². The normalized spacial score (nSPS) is 16.0. The predicted molar refractivity (Wildman–Crippen MR) is 79.6 cm³/mol. The monoisotopic (exact) mass is 313 g/mol. The molecular weight excluding hydrogens is 294 g/mol. The maximum atomic E-state index is 10.3. The first-order valence-corrected chi connectivity index (χ1v) is 7.76. The first kappa shape index (κ1) is 16.0. The highest BCUT2D eigenvalue weighted by Gasteiger charge is 2.28. The van der Waals surface area contributed by atoms with Crippen LogP contribution >= 0.6 is 11.8 Å². The van der Waals surface area contributed by atoms with Crippen molar-refractivity contribution in [2.45, 2.75) is 30.8 Å². The van der Waals surface area contributed by atoms with E-state index in [1.807, 2.05) is 13.2 Å². The Balaban J connectivity index is 2.44. The number of nitrogens with zero attached hydrogens (tertiary/aromatic N) is 4. The zero-order valence-corrected chi connectivity index (χ0v) is 12.7. The summed E-state index contributed by atoms with van der Waals surface area (Å²) in [6.07, 6.45) is 1.31. The molecule has 116 valence electrons. The van der Waals surface area contributed by atoms with E-state index in [0.717, 1.165) is 0 Å². The van der Waals surface area contributed by atoms with Crippen LogP contribution in [0, 0.1) is 5.92 Å². The number of fused-ring (bicyclic) bond motifs is 1. The standard InChI is InChI=1S/C12H19N5O3S/c1-3-6(4-18)8(19)11(20)17-5-14-7-9(13)15-12(21-2)16-10(7)17/h5-6,8,11,18-20H,3-4H2,1-2H3,(H2,13,15,16). The molecule has 0 spiro atoms. The minimum atomic E-state index is -1.27. The Morgan fingerprint density at radius 2 is 2.10 bits per heavy atom. The van der Waals surface area contributed by atoms with Gasteiger partial charge in [0.15, 0.2) is 22.8 Å². The fraction of sp³-hybridized carbons (Fsp3) is 0.583. The van der Waals surface area contributed by atoms with Crippen LogP contribution in [0.1, 0.15) is 19.6 Å². The van der Waals surface area contributed by atoms with Crippen LogP contribution in [0.2, 0.25) is 0 Å². The van der Waals surface area contributed by atoms with Crippen LogP contribution in [0.5, 0.6) is 0 Å². The van der Waals surface area contributed by atoms with Gasteiger partial charge >= 0.3 is 0 Å². The van der Waals surface area contributed by atoms with Crippen molar-refractivity contribution in [2.24, 2.45) is 5.92 Å². The topological polar surface area (TPSA) is 130 Å². The number of nitrogen functional groups attached to an aromatic ring is 1. The van der Waals surface area contributed by atoms with Crippen LogP contribution < -0.4 is 5.73 Å². The van der Waals surface area contributed by atoms with Gasteiger partial charge in [0.25, 0.3) is 0 Å². The molecule has 0 saturated carbocycles.